The highest BCUT2D eigenvalue weighted by atomic mass is 16.4. The van der Waals surface area contributed by atoms with Crippen molar-refractivity contribution in [1.82, 2.24) is 9.80 Å². The van der Waals surface area contributed by atoms with Crippen LogP contribution in [-0.4, -0.2) is 63.6 Å². The molecule has 3 fully saturated rings. The fraction of sp³-hybridized carbons (Fsp3) is 0.680. The third kappa shape index (κ3) is 5.59. The standard InChI is InChI=1S/C25H36N2O4/c28-23-8-4-7-19(15-23)20-13-21-9-10-22(14-20)27(21)12-11-26(24(29)16-25(30)31)17-18-5-2-1-3-6-18/h4,7-8,15,18,20-22,28H,1-3,5-6,9-14,16-17H2,(H,30,31)/t20?,21-,22+. The van der Waals surface area contributed by atoms with Crippen molar-refractivity contribution in [3.63, 3.8) is 0 Å². The van der Waals surface area contributed by atoms with Crippen molar-refractivity contribution in [1.29, 1.82) is 0 Å². The molecule has 6 heteroatoms. The third-order valence-corrected chi connectivity index (χ3v) is 7.71. The van der Waals surface area contributed by atoms with E-state index >= 15 is 0 Å². The minimum Gasteiger partial charge on any atom is -0.508 e. The van der Waals surface area contributed by atoms with Crippen LogP contribution in [0.3, 0.4) is 0 Å². The van der Waals surface area contributed by atoms with Gasteiger partial charge in [0.2, 0.25) is 5.91 Å². The maximum atomic E-state index is 12.7. The number of carbonyl (C=O) groups excluding carboxylic acids is 1. The molecule has 0 spiro atoms. The Balaban J connectivity index is 1.36. The van der Waals surface area contributed by atoms with E-state index in [0.29, 0.717) is 42.8 Å². The molecule has 4 rings (SSSR count). The molecule has 0 aromatic heterocycles. The number of nitrogens with zero attached hydrogens (tertiary/aromatic N) is 2. The Kier molecular flexibility index (Phi) is 7.16. The fourth-order valence-corrected chi connectivity index (χ4v) is 6.17. The normalized spacial score (nSPS) is 26.6. The van der Waals surface area contributed by atoms with Crippen molar-refractivity contribution in [2.45, 2.75) is 82.2 Å². The number of carbonyl (C=O) groups is 2. The SMILES string of the molecule is O=C(O)CC(=O)N(CCN1[C@@H]2CC[C@H]1CC(c1cccc(O)c1)C2)CC1CCCCC1. The molecular formula is C25H36N2O4. The van der Waals surface area contributed by atoms with E-state index in [1.54, 1.807) is 6.07 Å². The van der Waals surface area contributed by atoms with E-state index in [1.807, 2.05) is 17.0 Å². The number of hydrogen-bond donors (Lipinski definition) is 2. The molecule has 2 aliphatic heterocycles. The van der Waals surface area contributed by atoms with Crippen LogP contribution in [0.2, 0.25) is 0 Å². The number of rotatable bonds is 8. The zero-order valence-electron chi connectivity index (χ0n) is 18.4. The smallest absolute Gasteiger partial charge is 0.312 e. The van der Waals surface area contributed by atoms with Crippen LogP contribution in [0.15, 0.2) is 24.3 Å². The predicted octanol–water partition coefficient (Wildman–Crippen LogP) is 3.99. The van der Waals surface area contributed by atoms with E-state index in [4.69, 9.17) is 5.11 Å². The summed E-state index contributed by atoms with van der Waals surface area (Å²) < 4.78 is 0. The molecule has 2 heterocycles. The quantitative estimate of drug-likeness (QED) is 0.612. The molecular weight excluding hydrogens is 392 g/mol. The van der Waals surface area contributed by atoms with E-state index < -0.39 is 12.4 Å². The molecule has 2 saturated heterocycles. The van der Waals surface area contributed by atoms with Gasteiger partial charge in [-0.05, 0) is 68.1 Å². The summed E-state index contributed by atoms with van der Waals surface area (Å²) in [4.78, 5) is 28.2. The zero-order chi connectivity index (χ0) is 21.8. The van der Waals surface area contributed by atoms with E-state index in [2.05, 4.69) is 11.0 Å². The molecule has 31 heavy (non-hydrogen) atoms. The van der Waals surface area contributed by atoms with E-state index in [-0.39, 0.29) is 5.91 Å². The van der Waals surface area contributed by atoms with Crippen LogP contribution in [0.4, 0.5) is 0 Å². The average molecular weight is 429 g/mol. The minimum atomic E-state index is -1.04. The molecule has 3 atom stereocenters. The van der Waals surface area contributed by atoms with Crippen LogP contribution in [0, 0.1) is 5.92 Å². The summed E-state index contributed by atoms with van der Waals surface area (Å²) in [5.41, 5.74) is 1.23. The molecule has 170 valence electrons. The molecule has 1 saturated carbocycles. The number of amides is 1. The summed E-state index contributed by atoms with van der Waals surface area (Å²) in [5.74, 6) is 0.0563. The number of aromatic hydroxyl groups is 1. The molecule has 2 bridgehead atoms. The number of fused-ring (bicyclic) bond motifs is 2. The van der Waals surface area contributed by atoms with Crippen molar-refractivity contribution in [2.24, 2.45) is 5.92 Å². The number of carboxylic acids is 1. The Morgan fingerprint density at radius 2 is 1.74 bits per heavy atom. The van der Waals surface area contributed by atoms with Crippen molar-refractivity contribution < 1.29 is 19.8 Å². The van der Waals surface area contributed by atoms with Gasteiger partial charge >= 0.3 is 5.97 Å². The van der Waals surface area contributed by atoms with E-state index in [9.17, 15) is 14.7 Å². The highest BCUT2D eigenvalue weighted by molar-refractivity contribution is 5.93. The Labute approximate surface area is 185 Å². The first-order chi connectivity index (χ1) is 15.0. The second-order valence-electron chi connectivity index (χ2n) is 9.80. The Morgan fingerprint density at radius 1 is 1.03 bits per heavy atom. The highest BCUT2D eigenvalue weighted by Gasteiger charge is 2.41. The van der Waals surface area contributed by atoms with Crippen molar-refractivity contribution >= 4 is 11.9 Å². The maximum absolute atomic E-state index is 12.7. The predicted molar refractivity (Wildman–Crippen MR) is 119 cm³/mol. The Bertz CT molecular complexity index is 763. The van der Waals surface area contributed by atoms with Crippen LogP contribution in [-0.2, 0) is 9.59 Å². The molecule has 1 aromatic carbocycles. The number of benzene rings is 1. The van der Waals surface area contributed by atoms with Gasteiger partial charge in [0.1, 0.15) is 12.2 Å². The molecule has 1 aromatic rings. The van der Waals surface area contributed by atoms with Gasteiger partial charge in [0.15, 0.2) is 0 Å². The molecule has 0 radical (unpaired) electrons. The van der Waals surface area contributed by atoms with Gasteiger partial charge in [-0.2, -0.15) is 0 Å². The highest BCUT2D eigenvalue weighted by Crippen LogP contribution is 2.43. The van der Waals surface area contributed by atoms with Crippen molar-refractivity contribution in [3.05, 3.63) is 29.8 Å². The van der Waals surface area contributed by atoms with Crippen LogP contribution < -0.4 is 0 Å². The topological polar surface area (TPSA) is 81.1 Å². The second-order valence-corrected chi connectivity index (χ2v) is 9.80. The molecule has 3 aliphatic rings. The van der Waals surface area contributed by atoms with Crippen LogP contribution in [0.1, 0.15) is 75.7 Å². The lowest BCUT2D eigenvalue weighted by Gasteiger charge is -2.40. The summed E-state index contributed by atoms with van der Waals surface area (Å²) in [6.07, 6.45) is 10.2. The van der Waals surface area contributed by atoms with Crippen molar-refractivity contribution in [2.75, 3.05) is 19.6 Å². The number of hydrogen-bond acceptors (Lipinski definition) is 4. The zero-order valence-corrected chi connectivity index (χ0v) is 18.4. The number of phenols is 1. The van der Waals surface area contributed by atoms with E-state index in [1.165, 1.54) is 37.7 Å². The molecule has 6 nitrogen and oxygen atoms in total. The van der Waals surface area contributed by atoms with Gasteiger partial charge in [0.25, 0.3) is 0 Å². The summed E-state index contributed by atoms with van der Waals surface area (Å²) in [7, 11) is 0. The first kappa shape index (κ1) is 22.1. The molecule has 1 aliphatic carbocycles. The van der Waals surface area contributed by atoms with Gasteiger partial charge in [-0.15, -0.1) is 0 Å². The lowest BCUT2D eigenvalue weighted by atomic mass is 9.85. The van der Waals surface area contributed by atoms with Gasteiger partial charge in [-0.3, -0.25) is 14.5 Å². The van der Waals surface area contributed by atoms with Gasteiger partial charge in [0.05, 0.1) is 0 Å². The lowest BCUT2D eigenvalue weighted by molar-refractivity contribution is -0.144. The Hall–Kier alpha value is -2.08. The number of phenolic OH excluding ortho intramolecular Hbond substituents is 1. The first-order valence-electron chi connectivity index (χ1n) is 12.0. The monoisotopic (exact) mass is 428 g/mol. The number of aliphatic carboxylic acids is 1. The van der Waals surface area contributed by atoms with Gasteiger partial charge in [0, 0.05) is 31.7 Å². The molecule has 1 amide bonds. The summed E-state index contributed by atoms with van der Waals surface area (Å²) in [6, 6.07) is 8.69. The fourth-order valence-electron chi connectivity index (χ4n) is 6.17. The molecule has 2 N–H and O–H groups in total. The number of carboxylic acid groups (broad SMARTS) is 1. The minimum absolute atomic E-state index is 0.236. The van der Waals surface area contributed by atoms with Crippen LogP contribution in [0.5, 0.6) is 5.75 Å². The Morgan fingerprint density at radius 3 is 2.39 bits per heavy atom. The summed E-state index contributed by atoms with van der Waals surface area (Å²) in [5, 5.41) is 19.0. The average Bonchev–Trinajstić information content (AvgIpc) is 2.98. The maximum Gasteiger partial charge on any atom is 0.312 e. The molecule has 1 unspecified atom stereocenters. The number of piperidine rings is 1. The van der Waals surface area contributed by atoms with Gasteiger partial charge < -0.3 is 15.1 Å². The second kappa shape index (κ2) is 10.0. The summed E-state index contributed by atoms with van der Waals surface area (Å²) in [6.45, 7) is 2.17. The summed E-state index contributed by atoms with van der Waals surface area (Å²) >= 11 is 0. The van der Waals surface area contributed by atoms with Crippen LogP contribution >= 0.6 is 0 Å². The first-order valence-corrected chi connectivity index (χ1v) is 12.0. The van der Waals surface area contributed by atoms with Gasteiger partial charge in [-0.1, -0.05) is 31.4 Å². The third-order valence-electron chi connectivity index (χ3n) is 7.71. The van der Waals surface area contributed by atoms with Crippen molar-refractivity contribution in [3.8, 4) is 5.75 Å². The van der Waals surface area contributed by atoms with E-state index in [0.717, 1.165) is 32.2 Å². The van der Waals surface area contributed by atoms with Gasteiger partial charge in [-0.25, -0.2) is 0 Å². The lowest BCUT2D eigenvalue weighted by Crippen LogP contribution is -2.48. The largest absolute Gasteiger partial charge is 0.508 e. The van der Waals surface area contributed by atoms with Crippen LogP contribution in [0.25, 0.3) is 0 Å².